The summed E-state index contributed by atoms with van der Waals surface area (Å²) in [6.45, 7) is 0.857. The third-order valence-corrected chi connectivity index (χ3v) is 5.39. The Morgan fingerprint density at radius 3 is 2.44 bits per heavy atom. The maximum atomic E-state index is 13.1. The zero-order chi connectivity index (χ0) is 29.8. The Morgan fingerprint density at radius 1 is 1.07 bits per heavy atom. The number of halogens is 6. The first-order valence-corrected chi connectivity index (χ1v) is 11.6. The molecule has 2 heterocycles. The molecular weight excluding hydrogens is 568 g/mol. The predicted molar refractivity (Wildman–Crippen MR) is 131 cm³/mol. The fraction of sp³-hybridized carbons (Fsp3) is 0.304. The average Bonchev–Trinajstić information content (AvgIpc) is 2.90. The lowest BCUT2D eigenvalue weighted by molar-refractivity contribution is -0.384. The lowest BCUT2D eigenvalue weighted by Gasteiger charge is -2.27. The highest BCUT2D eigenvalue weighted by atomic mass is 19.4. The molecule has 218 valence electrons. The predicted octanol–water partition coefficient (Wildman–Crippen LogP) is 4.69. The Bertz CT molecular complexity index is 1420. The number of nitro groups is 1. The van der Waals surface area contributed by atoms with Gasteiger partial charge in [0.2, 0.25) is 11.9 Å². The minimum absolute atomic E-state index is 0.0517. The van der Waals surface area contributed by atoms with Crippen molar-refractivity contribution in [2.75, 3.05) is 36.5 Å². The number of rotatable bonds is 8. The Balaban J connectivity index is 1.63. The molecule has 0 atom stereocenters. The summed E-state index contributed by atoms with van der Waals surface area (Å²) in [5, 5.41) is 23.6. The second-order valence-electron chi connectivity index (χ2n) is 8.36. The van der Waals surface area contributed by atoms with E-state index in [0.717, 1.165) is 18.2 Å². The normalized spacial score (nSPS) is 14.5. The molecule has 1 aliphatic heterocycles. The number of phenolic OH excluding ortho intramolecular Hbond substituents is 1. The number of alkyl halides is 6. The van der Waals surface area contributed by atoms with Crippen molar-refractivity contribution >= 4 is 35.2 Å². The number of morpholine rings is 1. The summed E-state index contributed by atoms with van der Waals surface area (Å²) in [7, 11) is 0. The van der Waals surface area contributed by atoms with Crippen LogP contribution in [0.3, 0.4) is 0 Å². The van der Waals surface area contributed by atoms with Gasteiger partial charge in [-0.15, -0.1) is 0 Å². The van der Waals surface area contributed by atoms with Gasteiger partial charge in [0, 0.05) is 42.7 Å². The standard InChI is InChI=1S/C23H19F6N7O5/c24-22(25,26)18(23(27,28)29)41-21-33-19(32-20(34-21)35-6-8-40-9-7-35)31-15-3-1-2-14(11-15)30-12-13-10-16(36(38)39)4-5-17(13)37/h1-5,10-12,18,37H,6-9H2,(H,31,32,33,34). The molecule has 41 heavy (non-hydrogen) atoms. The van der Waals surface area contributed by atoms with Crippen LogP contribution < -0.4 is 15.0 Å². The van der Waals surface area contributed by atoms with E-state index >= 15 is 0 Å². The number of nitrogens with zero attached hydrogens (tertiary/aromatic N) is 6. The lowest BCUT2D eigenvalue weighted by atomic mass is 10.2. The summed E-state index contributed by atoms with van der Waals surface area (Å²) in [4.78, 5) is 27.3. The number of nitrogens with one attached hydrogen (secondary N) is 1. The summed E-state index contributed by atoms with van der Waals surface area (Å²) in [6, 6.07) is 8.07. The molecule has 0 spiro atoms. The number of anilines is 3. The van der Waals surface area contributed by atoms with Crippen LogP contribution in [0.4, 0.5) is 55.3 Å². The summed E-state index contributed by atoms with van der Waals surface area (Å²) in [5.41, 5.74) is 0.253. The van der Waals surface area contributed by atoms with Gasteiger partial charge < -0.3 is 24.8 Å². The zero-order valence-corrected chi connectivity index (χ0v) is 20.6. The van der Waals surface area contributed by atoms with E-state index in [1.807, 2.05) is 0 Å². The van der Waals surface area contributed by atoms with Crippen LogP contribution in [-0.4, -0.2) is 76.0 Å². The number of benzene rings is 2. The highest BCUT2D eigenvalue weighted by Gasteiger charge is 2.59. The summed E-state index contributed by atoms with van der Waals surface area (Å²) >= 11 is 0. The molecule has 4 rings (SSSR count). The van der Waals surface area contributed by atoms with E-state index in [1.165, 1.54) is 35.4 Å². The Labute approximate surface area is 226 Å². The van der Waals surface area contributed by atoms with E-state index < -0.39 is 35.3 Å². The number of hydrogen-bond donors (Lipinski definition) is 2. The van der Waals surface area contributed by atoms with E-state index in [9.17, 15) is 41.6 Å². The van der Waals surface area contributed by atoms with Crippen molar-refractivity contribution in [3.8, 4) is 11.8 Å². The minimum Gasteiger partial charge on any atom is -0.507 e. The number of aliphatic imine (C=N–C) groups is 1. The van der Waals surface area contributed by atoms with Crippen LogP contribution in [0.15, 0.2) is 47.5 Å². The number of non-ortho nitro benzene ring substituents is 1. The molecular formula is C23H19F6N7O5. The second-order valence-corrected chi connectivity index (χ2v) is 8.36. The minimum atomic E-state index is -5.79. The first-order valence-electron chi connectivity index (χ1n) is 11.6. The highest BCUT2D eigenvalue weighted by Crippen LogP contribution is 2.36. The monoisotopic (exact) mass is 587 g/mol. The SMILES string of the molecule is O=[N+]([O-])c1ccc(O)c(C=Nc2cccc(Nc3nc(OC(C(F)(F)F)C(F)(F)F)nc(N4CCOCC4)n3)c2)c1. The van der Waals surface area contributed by atoms with E-state index in [4.69, 9.17) is 4.74 Å². The zero-order valence-electron chi connectivity index (χ0n) is 20.6. The van der Waals surface area contributed by atoms with Gasteiger partial charge in [-0.05, 0) is 24.3 Å². The number of ether oxygens (including phenoxy) is 2. The third-order valence-electron chi connectivity index (χ3n) is 5.39. The maximum absolute atomic E-state index is 13.1. The number of aromatic nitrogens is 3. The van der Waals surface area contributed by atoms with Crippen molar-refractivity contribution in [1.82, 2.24) is 15.0 Å². The number of phenols is 1. The molecule has 0 bridgehead atoms. The van der Waals surface area contributed by atoms with Crippen LogP contribution in [-0.2, 0) is 4.74 Å². The fourth-order valence-electron chi connectivity index (χ4n) is 3.48. The van der Waals surface area contributed by atoms with Gasteiger partial charge in [-0.3, -0.25) is 15.1 Å². The van der Waals surface area contributed by atoms with E-state index in [2.05, 4.69) is 30.0 Å². The smallest absolute Gasteiger partial charge is 0.434 e. The second kappa shape index (κ2) is 11.8. The van der Waals surface area contributed by atoms with Crippen molar-refractivity contribution in [3.05, 3.63) is 58.1 Å². The molecule has 1 aromatic heterocycles. The van der Waals surface area contributed by atoms with Crippen LogP contribution in [0.25, 0.3) is 0 Å². The molecule has 1 saturated heterocycles. The first kappa shape index (κ1) is 29.2. The molecule has 3 aromatic rings. The van der Waals surface area contributed by atoms with Crippen molar-refractivity contribution in [1.29, 1.82) is 0 Å². The average molecular weight is 587 g/mol. The van der Waals surface area contributed by atoms with Crippen LogP contribution in [0, 0.1) is 10.1 Å². The van der Waals surface area contributed by atoms with E-state index in [1.54, 1.807) is 0 Å². The van der Waals surface area contributed by atoms with Gasteiger partial charge in [0.1, 0.15) is 5.75 Å². The maximum Gasteiger partial charge on any atom is 0.434 e. The molecule has 1 fully saturated rings. The molecule has 0 amide bonds. The molecule has 0 aliphatic carbocycles. The van der Waals surface area contributed by atoms with Gasteiger partial charge in [0.05, 0.1) is 23.8 Å². The van der Waals surface area contributed by atoms with Crippen LogP contribution in [0.1, 0.15) is 5.56 Å². The molecule has 0 unspecified atom stereocenters. The van der Waals surface area contributed by atoms with E-state index in [0.29, 0.717) is 0 Å². The van der Waals surface area contributed by atoms with Crippen LogP contribution in [0.5, 0.6) is 11.8 Å². The van der Waals surface area contributed by atoms with Crippen LogP contribution in [0.2, 0.25) is 0 Å². The van der Waals surface area contributed by atoms with E-state index in [-0.39, 0.29) is 60.6 Å². The summed E-state index contributed by atoms with van der Waals surface area (Å²) in [6.07, 6.45) is -14.6. The van der Waals surface area contributed by atoms with Gasteiger partial charge in [0.15, 0.2) is 0 Å². The first-order chi connectivity index (χ1) is 19.3. The van der Waals surface area contributed by atoms with Gasteiger partial charge >= 0.3 is 18.4 Å². The van der Waals surface area contributed by atoms with Crippen molar-refractivity contribution < 1.29 is 45.8 Å². The third kappa shape index (κ3) is 7.68. The van der Waals surface area contributed by atoms with Crippen molar-refractivity contribution in [2.45, 2.75) is 18.5 Å². The topological polar surface area (TPSA) is 148 Å². The quantitative estimate of drug-likeness (QED) is 0.165. The van der Waals surface area contributed by atoms with Gasteiger partial charge in [-0.1, -0.05) is 6.07 Å². The fourth-order valence-corrected chi connectivity index (χ4v) is 3.48. The molecule has 0 radical (unpaired) electrons. The Hall–Kier alpha value is -4.74. The van der Waals surface area contributed by atoms with Gasteiger partial charge in [-0.2, -0.15) is 41.3 Å². The number of hydrogen-bond acceptors (Lipinski definition) is 11. The number of aromatic hydroxyl groups is 1. The van der Waals surface area contributed by atoms with Crippen molar-refractivity contribution in [2.24, 2.45) is 4.99 Å². The summed E-state index contributed by atoms with van der Waals surface area (Å²) in [5.74, 6) is -0.922. The molecule has 2 aromatic carbocycles. The molecule has 1 aliphatic rings. The Kier molecular flexibility index (Phi) is 8.41. The summed E-state index contributed by atoms with van der Waals surface area (Å²) < 4.78 is 88.1. The molecule has 2 N–H and O–H groups in total. The Morgan fingerprint density at radius 2 is 1.78 bits per heavy atom. The van der Waals surface area contributed by atoms with Crippen molar-refractivity contribution in [3.63, 3.8) is 0 Å². The van der Waals surface area contributed by atoms with Crippen LogP contribution >= 0.6 is 0 Å². The van der Waals surface area contributed by atoms with Gasteiger partial charge in [0.25, 0.3) is 11.8 Å². The number of nitro benzene ring substituents is 1. The largest absolute Gasteiger partial charge is 0.507 e. The molecule has 18 heteroatoms. The van der Waals surface area contributed by atoms with Gasteiger partial charge in [-0.25, -0.2) is 0 Å². The highest BCUT2D eigenvalue weighted by molar-refractivity contribution is 5.86. The molecule has 12 nitrogen and oxygen atoms in total. The molecule has 0 saturated carbocycles. The lowest BCUT2D eigenvalue weighted by Crippen LogP contribution is -2.47.